The third-order valence-electron chi connectivity index (χ3n) is 4.85. The summed E-state index contributed by atoms with van der Waals surface area (Å²) in [5, 5.41) is 11.3. The van der Waals surface area contributed by atoms with E-state index in [9.17, 15) is 10.1 Å². The number of hydrogen-bond acceptors (Lipinski definition) is 8. The van der Waals surface area contributed by atoms with E-state index in [1.54, 1.807) is 31.5 Å². The molecule has 3 heterocycles. The summed E-state index contributed by atoms with van der Waals surface area (Å²) in [5.41, 5.74) is 11.4. The van der Waals surface area contributed by atoms with Crippen molar-refractivity contribution >= 4 is 11.6 Å². The van der Waals surface area contributed by atoms with Crippen LogP contribution in [0.25, 0.3) is 45.2 Å². The fourth-order valence-corrected chi connectivity index (χ4v) is 3.37. The van der Waals surface area contributed by atoms with Gasteiger partial charge >= 0.3 is 0 Å². The Morgan fingerprint density at radius 1 is 0.931 bits per heavy atom. The lowest BCUT2D eigenvalue weighted by Crippen LogP contribution is -2.08. The number of fused-ring (bicyclic) bond motifs is 4. The molecule has 0 atom stereocenters. The normalized spacial score (nSPS) is 11.3. The first kappa shape index (κ1) is 16.9. The Balaban J connectivity index is 1.67. The summed E-state index contributed by atoms with van der Waals surface area (Å²) in [5.74, 6) is 0.419. The van der Waals surface area contributed by atoms with Gasteiger partial charge < -0.3 is 5.73 Å². The number of pyridine rings is 1. The van der Waals surface area contributed by atoms with Gasteiger partial charge in [-0.05, 0) is 18.6 Å². The van der Waals surface area contributed by atoms with Gasteiger partial charge in [0.05, 0.1) is 10.6 Å². The number of aryl methyl sites for hydroxylation is 1. The van der Waals surface area contributed by atoms with Crippen molar-refractivity contribution in [3.05, 3.63) is 64.6 Å². The van der Waals surface area contributed by atoms with Crippen molar-refractivity contribution in [2.75, 3.05) is 5.73 Å². The van der Waals surface area contributed by atoms with E-state index < -0.39 is 4.92 Å². The molecule has 9 nitrogen and oxygen atoms in total. The SMILES string of the molecule is Cc1ccc(-c2cnc(N)nc2-c2ncc3c(n2)-c2ncccc2-3)cc1[N+](=O)[O-]. The maximum atomic E-state index is 11.3. The summed E-state index contributed by atoms with van der Waals surface area (Å²) >= 11 is 0. The summed E-state index contributed by atoms with van der Waals surface area (Å²) in [4.78, 5) is 32.7. The van der Waals surface area contributed by atoms with Gasteiger partial charge in [0.1, 0.15) is 11.4 Å². The van der Waals surface area contributed by atoms with Gasteiger partial charge in [-0.3, -0.25) is 15.1 Å². The Morgan fingerprint density at radius 2 is 1.76 bits per heavy atom. The molecule has 4 aromatic rings. The zero-order valence-electron chi connectivity index (χ0n) is 15.2. The number of anilines is 1. The highest BCUT2D eigenvalue weighted by atomic mass is 16.6. The Kier molecular flexibility index (Phi) is 3.56. The predicted molar refractivity (Wildman–Crippen MR) is 107 cm³/mol. The van der Waals surface area contributed by atoms with E-state index in [1.807, 2.05) is 12.1 Å². The van der Waals surface area contributed by atoms with Crippen molar-refractivity contribution in [1.29, 1.82) is 0 Å². The molecule has 1 aliphatic carbocycles. The second-order valence-electron chi connectivity index (χ2n) is 6.60. The lowest BCUT2D eigenvalue weighted by Gasteiger charge is -2.21. The first-order valence-electron chi connectivity index (χ1n) is 8.74. The average molecular weight is 383 g/mol. The highest BCUT2D eigenvalue weighted by Gasteiger charge is 2.27. The second-order valence-corrected chi connectivity index (χ2v) is 6.60. The largest absolute Gasteiger partial charge is 0.368 e. The number of aromatic nitrogens is 5. The van der Waals surface area contributed by atoms with Gasteiger partial charge in [-0.2, -0.15) is 0 Å². The molecule has 0 fully saturated rings. The molecular weight excluding hydrogens is 370 g/mol. The molecule has 5 rings (SSSR count). The van der Waals surface area contributed by atoms with Crippen molar-refractivity contribution in [3.8, 4) is 45.2 Å². The number of nitro groups is 1. The molecule has 0 radical (unpaired) electrons. The van der Waals surface area contributed by atoms with Gasteiger partial charge in [0.2, 0.25) is 5.95 Å². The molecule has 140 valence electrons. The number of nitrogens with two attached hydrogens (primary N) is 1. The lowest BCUT2D eigenvalue weighted by atomic mass is 9.90. The third kappa shape index (κ3) is 2.59. The van der Waals surface area contributed by atoms with Gasteiger partial charge in [-0.15, -0.1) is 0 Å². The van der Waals surface area contributed by atoms with Gasteiger partial charge in [-0.25, -0.2) is 19.9 Å². The summed E-state index contributed by atoms with van der Waals surface area (Å²) in [6.45, 7) is 1.69. The van der Waals surface area contributed by atoms with Crippen molar-refractivity contribution in [2.45, 2.75) is 6.92 Å². The minimum absolute atomic E-state index is 0.0153. The molecule has 0 spiro atoms. The van der Waals surface area contributed by atoms with E-state index in [4.69, 9.17) is 5.73 Å². The zero-order valence-corrected chi connectivity index (χ0v) is 15.2. The van der Waals surface area contributed by atoms with Crippen molar-refractivity contribution in [3.63, 3.8) is 0 Å². The Labute approximate surface area is 164 Å². The molecule has 29 heavy (non-hydrogen) atoms. The number of rotatable bonds is 3. The fourth-order valence-electron chi connectivity index (χ4n) is 3.37. The number of hydrogen-bond donors (Lipinski definition) is 1. The van der Waals surface area contributed by atoms with Crippen LogP contribution in [0.1, 0.15) is 5.56 Å². The average Bonchev–Trinajstić information content (AvgIpc) is 2.72. The third-order valence-corrected chi connectivity index (χ3v) is 4.85. The summed E-state index contributed by atoms with van der Waals surface area (Å²) in [6, 6.07) is 8.78. The predicted octanol–water partition coefficient (Wildman–Crippen LogP) is 3.44. The molecule has 0 saturated heterocycles. The maximum absolute atomic E-state index is 11.3. The molecule has 2 N–H and O–H groups in total. The highest BCUT2D eigenvalue weighted by Crippen LogP contribution is 2.44. The van der Waals surface area contributed by atoms with Crippen LogP contribution in [0.15, 0.2) is 48.9 Å². The maximum Gasteiger partial charge on any atom is 0.272 e. The molecule has 3 aromatic heterocycles. The monoisotopic (exact) mass is 383 g/mol. The van der Waals surface area contributed by atoms with E-state index in [1.165, 1.54) is 12.3 Å². The number of nitrogens with zero attached hydrogens (tertiary/aromatic N) is 6. The van der Waals surface area contributed by atoms with Crippen LogP contribution < -0.4 is 5.73 Å². The standard InChI is InChI=1S/C20H13N7O2/c1-10-4-5-11(7-15(10)27(28)29)13-8-24-20(21)26-18(13)19-23-9-14-12-3-2-6-22-16(12)17(14)25-19/h2-9H,1H3,(H2,21,24,26). The quantitative estimate of drug-likeness (QED) is 0.370. The Hall–Kier alpha value is -4.27. The fraction of sp³-hybridized carbons (Fsp3) is 0.0500. The van der Waals surface area contributed by atoms with Crippen LogP contribution in [0.3, 0.4) is 0 Å². The molecule has 0 aliphatic heterocycles. The second kappa shape index (κ2) is 6.13. The van der Waals surface area contributed by atoms with E-state index in [0.29, 0.717) is 28.2 Å². The van der Waals surface area contributed by atoms with E-state index in [2.05, 4.69) is 24.9 Å². The van der Waals surface area contributed by atoms with Crippen molar-refractivity contribution in [1.82, 2.24) is 24.9 Å². The first-order valence-corrected chi connectivity index (χ1v) is 8.74. The molecular formula is C20H13N7O2. The summed E-state index contributed by atoms with van der Waals surface area (Å²) in [6.07, 6.45) is 4.96. The van der Waals surface area contributed by atoms with E-state index in [0.717, 1.165) is 22.5 Å². The molecule has 1 aliphatic rings. The van der Waals surface area contributed by atoms with Crippen LogP contribution in [0.5, 0.6) is 0 Å². The molecule has 0 amide bonds. The van der Waals surface area contributed by atoms with E-state index >= 15 is 0 Å². The van der Waals surface area contributed by atoms with Crippen LogP contribution in [0.2, 0.25) is 0 Å². The van der Waals surface area contributed by atoms with Crippen molar-refractivity contribution < 1.29 is 4.92 Å². The lowest BCUT2D eigenvalue weighted by molar-refractivity contribution is -0.385. The van der Waals surface area contributed by atoms with Crippen LogP contribution in [0, 0.1) is 17.0 Å². The molecule has 1 aromatic carbocycles. The first-order chi connectivity index (χ1) is 14.0. The number of nitrogen functional groups attached to an aromatic ring is 1. The minimum atomic E-state index is -0.416. The van der Waals surface area contributed by atoms with Gasteiger partial charge in [0, 0.05) is 46.9 Å². The van der Waals surface area contributed by atoms with Crippen LogP contribution >= 0.6 is 0 Å². The van der Waals surface area contributed by atoms with E-state index in [-0.39, 0.29) is 11.6 Å². The smallest absolute Gasteiger partial charge is 0.272 e. The van der Waals surface area contributed by atoms with Gasteiger partial charge in [-0.1, -0.05) is 18.2 Å². The van der Waals surface area contributed by atoms with Crippen LogP contribution in [-0.4, -0.2) is 29.8 Å². The Morgan fingerprint density at radius 3 is 2.59 bits per heavy atom. The van der Waals surface area contributed by atoms with Crippen molar-refractivity contribution in [2.24, 2.45) is 0 Å². The molecule has 0 saturated carbocycles. The molecule has 0 unspecified atom stereocenters. The highest BCUT2D eigenvalue weighted by molar-refractivity contribution is 5.98. The summed E-state index contributed by atoms with van der Waals surface area (Å²) in [7, 11) is 0. The van der Waals surface area contributed by atoms with Gasteiger partial charge in [0.25, 0.3) is 5.69 Å². The topological polar surface area (TPSA) is 134 Å². The minimum Gasteiger partial charge on any atom is -0.368 e. The zero-order chi connectivity index (χ0) is 20.1. The molecule has 0 bridgehead atoms. The number of benzene rings is 1. The molecule has 9 heteroatoms. The summed E-state index contributed by atoms with van der Waals surface area (Å²) < 4.78 is 0. The van der Waals surface area contributed by atoms with Crippen LogP contribution in [-0.2, 0) is 0 Å². The van der Waals surface area contributed by atoms with Gasteiger partial charge in [0.15, 0.2) is 5.82 Å². The number of nitro benzene ring substituents is 1. The van der Waals surface area contributed by atoms with Crippen LogP contribution in [0.4, 0.5) is 11.6 Å². The Bertz CT molecular complexity index is 1320.